The summed E-state index contributed by atoms with van der Waals surface area (Å²) in [7, 11) is 0. The van der Waals surface area contributed by atoms with Gasteiger partial charge in [0.2, 0.25) is 0 Å². The maximum absolute atomic E-state index is 11.3. The normalized spacial score (nSPS) is 17.9. The minimum Gasteiger partial charge on any atom is -0.506 e. The van der Waals surface area contributed by atoms with E-state index in [0.29, 0.717) is 23.6 Å². The van der Waals surface area contributed by atoms with Crippen molar-refractivity contribution >= 4 is 11.9 Å². The molecule has 2 rings (SSSR count). The van der Waals surface area contributed by atoms with E-state index in [1.807, 2.05) is 0 Å². The van der Waals surface area contributed by atoms with Crippen molar-refractivity contribution in [3.8, 4) is 5.75 Å². The summed E-state index contributed by atoms with van der Waals surface area (Å²) in [6.07, 6.45) is 13.0. The predicted octanol–water partition coefficient (Wildman–Crippen LogP) is 5.85. The number of carbonyl (C=O) groups is 1. The minimum atomic E-state index is -0.299. The van der Waals surface area contributed by atoms with Gasteiger partial charge in [0.25, 0.3) is 0 Å². The van der Waals surface area contributed by atoms with Crippen molar-refractivity contribution in [2.24, 2.45) is 5.92 Å². The smallest absolute Gasteiger partial charge is 0.161 e. The first-order valence-electron chi connectivity index (χ1n) is 11.1. The maximum Gasteiger partial charge on any atom is 0.161 e. The van der Waals surface area contributed by atoms with Crippen LogP contribution >= 0.6 is 0 Å². The van der Waals surface area contributed by atoms with Gasteiger partial charge in [-0.3, -0.25) is 4.79 Å². The summed E-state index contributed by atoms with van der Waals surface area (Å²) in [6, 6.07) is 0. The van der Waals surface area contributed by atoms with Gasteiger partial charge >= 0.3 is 0 Å². The van der Waals surface area contributed by atoms with Crippen LogP contribution in [0, 0.1) is 12.8 Å². The van der Waals surface area contributed by atoms with E-state index in [1.165, 1.54) is 57.9 Å². The Labute approximate surface area is 175 Å². The summed E-state index contributed by atoms with van der Waals surface area (Å²) in [5.74, 6) is 0.398. The van der Waals surface area contributed by atoms with Gasteiger partial charge in [0, 0.05) is 17.0 Å². The molecule has 0 spiro atoms. The number of ether oxygens (including phenoxy) is 2. The molecule has 0 aliphatic carbocycles. The first kappa shape index (κ1) is 23.6. The first-order valence-corrected chi connectivity index (χ1v) is 11.1. The fourth-order valence-electron chi connectivity index (χ4n) is 3.73. The molecular weight excluding hydrogens is 366 g/mol. The molecule has 0 saturated heterocycles. The highest BCUT2D eigenvalue weighted by Gasteiger charge is 2.26. The average molecular weight is 404 g/mol. The van der Waals surface area contributed by atoms with Crippen molar-refractivity contribution in [2.75, 3.05) is 0 Å². The SMILES string of the molecule is CCCCCCCCCC(C)C1OCc2c(/C=C/C(C)=O)nc(C)c(O)c2CO1. The number of hydrogen-bond acceptors (Lipinski definition) is 5. The summed E-state index contributed by atoms with van der Waals surface area (Å²) >= 11 is 0. The number of aryl methyl sites for hydroxylation is 1. The van der Waals surface area contributed by atoms with Gasteiger partial charge < -0.3 is 14.6 Å². The molecule has 2 atom stereocenters. The van der Waals surface area contributed by atoms with Crippen LogP contribution in [0.3, 0.4) is 0 Å². The topological polar surface area (TPSA) is 68.7 Å². The molecule has 162 valence electrons. The van der Waals surface area contributed by atoms with E-state index >= 15 is 0 Å². The number of nitrogens with zero attached hydrogens (tertiary/aromatic N) is 1. The fraction of sp³-hybridized carbons (Fsp3) is 0.667. The van der Waals surface area contributed by atoms with Gasteiger partial charge in [-0.15, -0.1) is 0 Å². The largest absolute Gasteiger partial charge is 0.506 e. The molecule has 29 heavy (non-hydrogen) atoms. The van der Waals surface area contributed by atoms with Gasteiger partial charge in [-0.05, 0) is 32.4 Å². The molecule has 5 nitrogen and oxygen atoms in total. The van der Waals surface area contributed by atoms with Crippen LogP contribution in [0.25, 0.3) is 6.08 Å². The Balaban J connectivity index is 1.94. The van der Waals surface area contributed by atoms with Gasteiger partial charge in [0.05, 0.1) is 24.6 Å². The van der Waals surface area contributed by atoms with Crippen molar-refractivity contribution < 1.29 is 19.4 Å². The van der Waals surface area contributed by atoms with Crippen LogP contribution in [0.2, 0.25) is 0 Å². The molecule has 1 aromatic heterocycles. The quantitative estimate of drug-likeness (QED) is 0.371. The lowest BCUT2D eigenvalue weighted by Crippen LogP contribution is -2.23. The Morgan fingerprint density at radius 2 is 1.76 bits per heavy atom. The number of aromatic nitrogens is 1. The second kappa shape index (κ2) is 12.1. The van der Waals surface area contributed by atoms with Crippen LogP contribution in [-0.2, 0) is 27.5 Å². The van der Waals surface area contributed by atoms with E-state index in [-0.39, 0.29) is 30.3 Å². The molecule has 0 saturated carbocycles. The monoisotopic (exact) mass is 403 g/mol. The zero-order chi connectivity index (χ0) is 21.2. The summed E-state index contributed by atoms with van der Waals surface area (Å²) < 4.78 is 12.1. The van der Waals surface area contributed by atoms with Crippen molar-refractivity contribution in [2.45, 2.75) is 98.6 Å². The van der Waals surface area contributed by atoms with Crippen LogP contribution < -0.4 is 0 Å². The van der Waals surface area contributed by atoms with Crippen LogP contribution in [0.15, 0.2) is 6.08 Å². The lowest BCUT2D eigenvalue weighted by atomic mass is 10.0. The van der Waals surface area contributed by atoms with Crippen molar-refractivity contribution in [1.29, 1.82) is 0 Å². The first-order chi connectivity index (χ1) is 13.9. The number of hydrogen-bond donors (Lipinski definition) is 1. The highest BCUT2D eigenvalue weighted by molar-refractivity contribution is 5.91. The standard InChI is InChI=1S/C24H37NO4/c1-5-6-7-8-9-10-11-12-17(2)24-28-15-20-21(16-29-24)23(27)19(4)25-22(20)14-13-18(3)26/h13-14,17,24,27H,5-12,15-16H2,1-4H3/b14-13+. The molecule has 1 aliphatic rings. The van der Waals surface area contributed by atoms with Gasteiger partial charge in [0.15, 0.2) is 12.1 Å². The number of fused-ring (bicyclic) bond motifs is 1. The van der Waals surface area contributed by atoms with E-state index in [4.69, 9.17) is 9.47 Å². The molecule has 1 aromatic rings. The van der Waals surface area contributed by atoms with Crippen molar-refractivity contribution in [3.05, 3.63) is 28.6 Å². The number of aromatic hydroxyl groups is 1. The second-order valence-corrected chi connectivity index (χ2v) is 8.21. The minimum absolute atomic E-state index is 0.0433. The Morgan fingerprint density at radius 3 is 2.41 bits per heavy atom. The number of allylic oxidation sites excluding steroid dienone is 1. The van der Waals surface area contributed by atoms with Crippen LogP contribution in [0.4, 0.5) is 0 Å². The molecular formula is C24H37NO4. The molecule has 2 unspecified atom stereocenters. The van der Waals surface area contributed by atoms with Gasteiger partial charge in [-0.2, -0.15) is 0 Å². The van der Waals surface area contributed by atoms with Gasteiger partial charge in [-0.1, -0.05) is 58.8 Å². The third-order valence-corrected chi connectivity index (χ3v) is 5.58. The highest BCUT2D eigenvalue weighted by Crippen LogP contribution is 2.33. The van der Waals surface area contributed by atoms with Crippen molar-refractivity contribution in [3.63, 3.8) is 0 Å². The molecule has 1 N–H and O–H groups in total. The van der Waals surface area contributed by atoms with E-state index in [0.717, 1.165) is 12.0 Å². The fourth-order valence-corrected chi connectivity index (χ4v) is 3.73. The van der Waals surface area contributed by atoms with Gasteiger partial charge in [-0.25, -0.2) is 4.98 Å². The number of carbonyl (C=O) groups excluding carboxylic acids is 1. The van der Waals surface area contributed by atoms with E-state index in [9.17, 15) is 9.90 Å². The maximum atomic E-state index is 11.3. The second-order valence-electron chi connectivity index (χ2n) is 8.21. The average Bonchev–Trinajstić information content (AvgIpc) is 2.92. The Kier molecular flexibility index (Phi) is 9.82. The Bertz CT molecular complexity index is 699. The van der Waals surface area contributed by atoms with E-state index in [2.05, 4.69) is 18.8 Å². The molecule has 0 radical (unpaired) electrons. The molecule has 0 aromatic carbocycles. The summed E-state index contributed by atoms with van der Waals surface area (Å²) in [5, 5.41) is 10.5. The molecule has 0 amide bonds. The molecule has 0 fully saturated rings. The lowest BCUT2D eigenvalue weighted by molar-refractivity contribution is -0.176. The number of rotatable bonds is 11. The molecule has 0 bridgehead atoms. The number of ketones is 1. The highest BCUT2D eigenvalue weighted by atomic mass is 16.7. The van der Waals surface area contributed by atoms with Crippen molar-refractivity contribution in [1.82, 2.24) is 4.98 Å². The van der Waals surface area contributed by atoms with Crippen LogP contribution in [0.5, 0.6) is 5.75 Å². The van der Waals surface area contributed by atoms with E-state index < -0.39 is 0 Å². The summed E-state index contributed by atoms with van der Waals surface area (Å²) in [6.45, 7) is 8.28. The number of unbranched alkanes of at least 4 members (excludes halogenated alkanes) is 6. The third-order valence-electron chi connectivity index (χ3n) is 5.58. The Morgan fingerprint density at radius 1 is 1.14 bits per heavy atom. The van der Waals surface area contributed by atoms with Crippen LogP contribution in [-0.4, -0.2) is 22.2 Å². The lowest BCUT2D eigenvalue weighted by Gasteiger charge is -2.22. The summed E-state index contributed by atoms with van der Waals surface area (Å²) in [5.41, 5.74) is 2.71. The Hall–Kier alpha value is -1.72. The summed E-state index contributed by atoms with van der Waals surface area (Å²) in [4.78, 5) is 15.8. The predicted molar refractivity (Wildman–Crippen MR) is 115 cm³/mol. The molecule has 5 heteroatoms. The zero-order valence-electron chi connectivity index (χ0n) is 18.5. The van der Waals surface area contributed by atoms with E-state index in [1.54, 1.807) is 13.0 Å². The number of pyridine rings is 1. The van der Waals surface area contributed by atoms with Gasteiger partial charge in [0.1, 0.15) is 5.75 Å². The van der Waals surface area contributed by atoms with Crippen LogP contribution in [0.1, 0.15) is 94.7 Å². The molecule has 2 heterocycles. The third kappa shape index (κ3) is 7.23. The zero-order valence-corrected chi connectivity index (χ0v) is 18.5. The molecule has 1 aliphatic heterocycles.